The van der Waals surface area contributed by atoms with E-state index in [1.165, 1.54) is 13.2 Å². The van der Waals surface area contributed by atoms with Crippen LogP contribution in [0.25, 0.3) is 0 Å². The number of nitrogens with zero attached hydrogens (tertiary/aromatic N) is 1. The monoisotopic (exact) mass is 300 g/mol. The van der Waals surface area contributed by atoms with E-state index in [-0.39, 0.29) is 11.8 Å². The third-order valence-electron chi connectivity index (χ3n) is 3.65. The molecule has 1 fully saturated rings. The molecule has 0 spiro atoms. The molecule has 1 aliphatic heterocycles. The summed E-state index contributed by atoms with van der Waals surface area (Å²) in [5.41, 5.74) is 0.00798. The molecule has 1 aromatic carbocycles. The zero-order valence-electron chi connectivity index (χ0n) is 11.9. The van der Waals surface area contributed by atoms with Crippen molar-refractivity contribution in [2.45, 2.75) is 12.2 Å². The van der Waals surface area contributed by atoms with Crippen molar-refractivity contribution in [1.29, 1.82) is 0 Å². The van der Waals surface area contributed by atoms with Gasteiger partial charge in [-0.05, 0) is 12.1 Å². The maximum Gasteiger partial charge on any atom is 0.416 e. The number of piperazine rings is 1. The molecule has 0 amide bonds. The summed E-state index contributed by atoms with van der Waals surface area (Å²) in [4.78, 5) is 2.18. The molecule has 1 atom stereocenters. The maximum absolute atomic E-state index is 12.8. The van der Waals surface area contributed by atoms with Crippen molar-refractivity contribution in [3.05, 3.63) is 42.0 Å². The number of rotatable bonds is 4. The highest BCUT2D eigenvalue weighted by atomic mass is 19.4. The Hall–Kier alpha value is -1.53. The first-order chi connectivity index (χ1) is 9.97. The fourth-order valence-electron chi connectivity index (χ4n) is 2.56. The number of benzene rings is 1. The molecule has 0 radical (unpaired) electrons. The Morgan fingerprint density at radius 3 is 2.52 bits per heavy atom. The molecule has 0 aromatic heterocycles. The second-order valence-corrected chi connectivity index (χ2v) is 4.92. The van der Waals surface area contributed by atoms with Gasteiger partial charge in [0.25, 0.3) is 0 Å². The number of ether oxygens (including phenoxy) is 1. The number of hydrogen-bond donors (Lipinski definition) is 1. The van der Waals surface area contributed by atoms with Crippen LogP contribution in [0.5, 0.6) is 5.75 Å². The van der Waals surface area contributed by atoms with Crippen LogP contribution in [0.3, 0.4) is 0 Å². The smallest absolute Gasteiger partial charge is 0.416 e. The van der Waals surface area contributed by atoms with E-state index in [0.29, 0.717) is 5.56 Å². The Labute approximate surface area is 122 Å². The van der Waals surface area contributed by atoms with Gasteiger partial charge in [-0.3, -0.25) is 4.90 Å². The molecule has 6 heteroatoms. The fraction of sp³-hybridized carbons (Fsp3) is 0.467. The molecule has 1 saturated heterocycles. The predicted octanol–water partition coefficient (Wildman–Crippen LogP) is 2.85. The molecule has 1 N–H and O–H groups in total. The van der Waals surface area contributed by atoms with Crippen molar-refractivity contribution in [2.75, 3.05) is 33.3 Å². The summed E-state index contributed by atoms with van der Waals surface area (Å²) in [6.07, 6.45) is -2.62. The van der Waals surface area contributed by atoms with Crippen LogP contribution in [-0.4, -0.2) is 38.2 Å². The van der Waals surface area contributed by atoms with Crippen LogP contribution in [0.4, 0.5) is 13.2 Å². The predicted molar refractivity (Wildman–Crippen MR) is 75.4 cm³/mol. The summed E-state index contributed by atoms with van der Waals surface area (Å²) in [5.74, 6) is 0.244. The first kappa shape index (κ1) is 15.9. The molecule has 2 rings (SSSR count). The van der Waals surface area contributed by atoms with E-state index in [1.54, 1.807) is 6.08 Å². The molecular weight excluding hydrogens is 281 g/mol. The topological polar surface area (TPSA) is 24.5 Å². The summed E-state index contributed by atoms with van der Waals surface area (Å²) in [5, 5.41) is 3.25. The van der Waals surface area contributed by atoms with Gasteiger partial charge in [0.2, 0.25) is 0 Å². The maximum atomic E-state index is 12.8. The lowest BCUT2D eigenvalue weighted by Gasteiger charge is -2.34. The van der Waals surface area contributed by atoms with Crippen LogP contribution < -0.4 is 10.1 Å². The summed E-state index contributed by atoms with van der Waals surface area (Å²) >= 11 is 0. The van der Waals surface area contributed by atoms with E-state index in [1.807, 2.05) is 0 Å². The lowest BCUT2D eigenvalue weighted by Crippen LogP contribution is -2.44. The number of hydrogen-bond acceptors (Lipinski definition) is 3. The normalized spacial score (nSPS) is 18.3. The first-order valence-electron chi connectivity index (χ1n) is 6.80. The number of halogens is 3. The standard InChI is InChI=1S/C15H19F3N2O/c1-3-13(20-8-6-19-7-9-20)12-5-4-11(15(16,17)18)10-14(12)21-2/h3-5,10,13,19H,1,6-9H2,2H3/t13-/m1/s1. The highest BCUT2D eigenvalue weighted by Gasteiger charge is 2.32. The molecular formula is C15H19F3N2O. The average Bonchev–Trinajstić information content (AvgIpc) is 2.48. The van der Waals surface area contributed by atoms with Crippen LogP contribution >= 0.6 is 0 Å². The van der Waals surface area contributed by atoms with Crippen LogP contribution in [0.15, 0.2) is 30.9 Å². The Morgan fingerprint density at radius 1 is 1.33 bits per heavy atom. The Bertz CT molecular complexity index is 496. The molecule has 0 aliphatic carbocycles. The van der Waals surface area contributed by atoms with Gasteiger partial charge >= 0.3 is 6.18 Å². The lowest BCUT2D eigenvalue weighted by atomic mass is 10.0. The Kier molecular flexibility index (Phi) is 4.90. The van der Waals surface area contributed by atoms with Gasteiger partial charge in [0.1, 0.15) is 5.75 Å². The van der Waals surface area contributed by atoms with Gasteiger partial charge in [-0.25, -0.2) is 0 Å². The van der Waals surface area contributed by atoms with Crippen molar-refractivity contribution in [1.82, 2.24) is 10.2 Å². The van der Waals surface area contributed by atoms with Crippen LogP contribution in [0, 0.1) is 0 Å². The van der Waals surface area contributed by atoms with E-state index in [2.05, 4.69) is 16.8 Å². The van der Waals surface area contributed by atoms with Gasteiger partial charge in [-0.2, -0.15) is 13.2 Å². The highest BCUT2D eigenvalue weighted by Crippen LogP contribution is 2.36. The van der Waals surface area contributed by atoms with Crippen molar-refractivity contribution in [3.8, 4) is 5.75 Å². The van der Waals surface area contributed by atoms with Crippen LogP contribution in [-0.2, 0) is 6.18 Å². The van der Waals surface area contributed by atoms with E-state index < -0.39 is 11.7 Å². The minimum atomic E-state index is -4.37. The van der Waals surface area contributed by atoms with Gasteiger partial charge in [0.05, 0.1) is 18.7 Å². The molecule has 0 unspecified atom stereocenters. The average molecular weight is 300 g/mol. The van der Waals surface area contributed by atoms with E-state index in [4.69, 9.17) is 4.74 Å². The van der Waals surface area contributed by atoms with Gasteiger partial charge in [0, 0.05) is 31.7 Å². The first-order valence-corrected chi connectivity index (χ1v) is 6.80. The third-order valence-corrected chi connectivity index (χ3v) is 3.65. The Morgan fingerprint density at radius 2 is 2.00 bits per heavy atom. The van der Waals surface area contributed by atoms with Gasteiger partial charge in [0.15, 0.2) is 0 Å². The Balaban J connectivity index is 2.34. The highest BCUT2D eigenvalue weighted by molar-refractivity contribution is 5.42. The second kappa shape index (κ2) is 6.49. The summed E-state index contributed by atoms with van der Waals surface area (Å²) < 4.78 is 43.5. The molecule has 0 saturated carbocycles. The molecule has 3 nitrogen and oxygen atoms in total. The zero-order chi connectivity index (χ0) is 15.5. The van der Waals surface area contributed by atoms with E-state index in [0.717, 1.165) is 38.3 Å². The lowest BCUT2D eigenvalue weighted by molar-refractivity contribution is -0.137. The molecule has 1 aromatic rings. The SMILES string of the molecule is C=C[C@H](c1ccc(C(F)(F)F)cc1OC)N1CCNCC1. The molecule has 1 aliphatic rings. The molecule has 116 valence electrons. The summed E-state index contributed by atoms with van der Waals surface area (Å²) in [6, 6.07) is 3.48. The molecule has 0 bridgehead atoms. The fourth-order valence-corrected chi connectivity index (χ4v) is 2.56. The summed E-state index contributed by atoms with van der Waals surface area (Å²) in [7, 11) is 1.39. The van der Waals surface area contributed by atoms with Crippen molar-refractivity contribution in [2.24, 2.45) is 0 Å². The minimum absolute atomic E-state index is 0.149. The van der Waals surface area contributed by atoms with Gasteiger partial charge < -0.3 is 10.1 Å². The number of nitrogens with one attached hydrogen (secondary N) is 1. The van der Waals surface area contributed by atoms with E-state index >= 15 is 0 Å². The largest absolute Gasteiger partial charge is 0.496 e. The van der Waals surface area contributed by atoms with Crippen molar-refractivity contribution >= 4 is 0 Å². The van der Waals surface area contributed by atoms with Crippen LogP contribution in [0.2, 0.25) is 0 Å². The number of alkyl halides is 3. The zero-order valence-corrected chi connectivity index (χ0v) is 11.9. The second-order valence-electron chi connectivity index (χ2n) is 4.92. The van der Waals surface area contributed by atoms with Gasteiger partial charge in [-0.15, -0.1) is 6.58 Å². The van der Waals surface area contributed by atoms with Crippen molar-refractivity contribution < 1.29 is 17.9 Å². The quantitative estimate of drug-likeness (QED) is 0.865. The third kappa shape index (κ3) is 3.57. The minimum Gasteiger partial charge on any atom is -0.496 e. The van der Waals surface area contributed by atoms with Crippen molar-refractivity contribution in [3.63, 3.8) is 0 Å². The van der Waals surface area contributed by atoms with Gasteiger partial charge in [-0.1, -0.05) is 12.1 Å². The van der Waals surface area contributed by atoms with Crippen LogP contribution in [0.1, 0.15) is 17.2 Å². The molecule has 21 heavy (non-hydrogen) atoms. The van der Waals surface area contributed by atoms with E-state index in [9.17, 15) is 13.2 Å². The summed E-state index contributed by atoms with van der Waals surface area (Å²) in [6.45, 7) is 7.17. The molecule has 1 heterocycles. The number of methoxy groups -OCH3 is 1.